The molecular weight excluding hydrogens is 310 g/mol. The van der Waals surface area contributed by atoms with Gasteiger partial charge in [-0.2, -0.15) is 0 Å². The monoisotopic (exact) mass is 333 g/mol. The van der Waals surface area contributed by atoms with Gasteiger partial charge in [0.1, 0.15) is 0 Å². The molecule has 0 bridgehead atoms. The lowest BCUT2D eigenvalue weighted by Crippen LogP contribution is -2.38. The van der Waals surface area contributed by atoms with Crippen molar-refractivity contribution in [3.63, 3.8) is 0 Å². The summed E-state index contributed by atoms with van der Waals surface area (Å²) in [6, 6.07) is 14.8. The number of benzene rings is 2. The van der Waals surface area contributed by atoms with E-state index in [1.807, 2.05) is 30.3 Å². The number of nitrogens with one attached hydrogen (secondary N) is 1. The van der Waals surface area contributed by atoms with Crippen molar-refractivity contribution in [2.75, 3.05) is 13.1 Å². The standard InChI is InChI=1S/C21H23N3O/c1-14(2)24-11-9-16(13-24)23-21(25)19-12-15-6-3-4-7-17(15)18-8-5-10-22-20(18)19/h3-8,10,12,14,16H,9,11,13H2,1-2H3,(H,23,25)/t16-/m1/s1. The topological polar surface area (TPSA) is 45.2 Å². The van der Waals surface area contributed by atoms with Gasteiger partial charge in [0, 0.05) is 36.8 Å². The van der Waals surface area contributed by atoms with Gasteiger partial charge in [-0.15, -0.1) is 0 Å². The van der Waals surface area contributed by atoms with Gasteiger partial charge in [0.25, 0.3) is 5.91 Å². The summed E-state index contributed by atoms with van der Waals surface area (Å²) in [5.74, 6) is -0.0231. The number of amides is 1. The van der Waals surface area contributed by atoms with E-state index in [-0.39, 0.29) is 11.9 Å². The maximum absolute atomic E-state index is 13.0. The third-order valence-corrected chi connectivity index (χ3v) is 5.14. The number of carbonyl (C=O) groups is 1. The van der Waals surface area contributed by atoms with E-state index in [1.54, 1.807) is 6.20 Å². The number of hydrogen-bond acceptors (Lipinski definition) is 3. The molecule has 1 fully saturated rings. The Balaban J connectivity index is 1.69. The Morgan fingerprint density at radius 3 is 2.80 bits per heavy atom. The first kappa shape index (κ1) is 16.0. The van der Waals surface area contributed by atoms with Crippen molar-refractivity contribution >= 4 is 27.6 Å². The lowest BCUT2D eigenvalue weighted by molar-refractivity contribution is 0.0938. The van der Waals surface area contributed by atoms with Crippen molar-refractivity contribution in [3.05, 3.63) is 54.2 Å². The third kappa shape index (κ3) is 2.98. The first-order valence-electron chi connectivity index (χ1n) is 8.95. The molecule has 0 spiro atoms. The molecule has 4 rings (SSSR count). The van der Waals surface area contributed by atoms with Crippen molar-refractivity contribution in [3.8, 4) is 0 Å². The smallest absolute Gasteiger partial charge is 0.253 e. The van der Waals surface area contributed by atoms with Crippen molar-refractivity contribution in [2.24, 2.45) is 0 Å². The highest BCUT2D eigenvalue weighted by Crippen LogP contribution is 2.27. The molecule has 1 atom stereocenters. The SMILES string of the molecule is CC(C)N1CC[C@@H](NC(=O)c2cc3ccccc3c3cccnc23)C1. The fourth-order valence-corrected chi connectivity index (χ4v) is 3.74. The molecule has 1 amide bonds. The number of pyridine rings is 1. The maximum Gasteiger partial charge on any atom is 0.253 e. The lowest BCUT2D eigenvalue weighted by atomic mass is 10.00. The molecule has 0 radical (unpaired) electrons. The number of likely N-dealkylation sites (tertiary alicyclic amines) is 1. The quantitative estimate of drug-likeness (QED) is 0.745. The van der Waals surface area contributed by atoms with E-state index in [2.05, 4.69) is 41.2 Å². The van der Waals surface area contributed by atoms with E-state index in [0.29, 0.717) is 11.6 Å². The number of rotatable bonds is 3. The molecule has 2 heterocycles. The van der Waals surface area contributed by atoms with Gasteiger partial charge in [-0.3, -0.25) is 14.7 Å². The maximum atomic E-state index is 13.0. The van der Waals surface area contributed by atoms with Crippen LogP contribution in [0.3, 0.4) is 0 Å². The van der Waals surface area contributed by atoms with E-state index < -0.39 is 0 Å². The van der Waals surface area contributed by atoms with Crippen LogP contribution in [0.5, 0.6) is 0 Å². The summed E-state index contributed by atoms with van der Waals surface area (Å²) < 4.78 is 0. The number of aromatic nitrogens is 1. The normalized spacial score (nSPS) is 18.3. The highest BCUT2D eigenvalue weighted by Gasteiger charge is 2.26. The van der Waals surface area contributed by atoms with Crippen LogP contribution in [0.4, 0.5) is 0 Å². The zero-order valence-corrected chi connectivity index (χ0v) is 14.7. The minimum Gasteiger partial charge on any atom is -0.348 e. The molecule has 4 nitrogen and oxygen atoms in total. The first-order chi connectivity index (χ1) is 12.1. The van der Waals surface area contributed by atoms with Crippen molar-refractivity contribution in [1.82, 2.24) is 15.2 Å². The highest BCUT2D eigenvalue weighted by molar-refractivity contribution is 6.15. The van der Waals surface area contributed by atoms with Crippen molar-refractivity contribution < 1.29 is 4.79 Å². The molecule has 0 unspecified atom stereocenters. The van der Waals surface area contributed by atoms with E-state index in [1.165, 1.54) is 0 Å². The molecule has 2 aromatic carbocycles. The van der Waals surface area contributed by atoms with Crippen LogP contribution in [0.25, 0.3) is 21.7 Å². The summed E-state index contributed by atoms with van der Waals surface area (Å²) in [4.78, 5) is 19.9. The van der Waals surface area contributed by atoms with Crippen LogP contribution >= 0.6 is 0 Å². The average Bonchev–Trinajstić information content (AvgIpc) is 3.10. The second-order valence-corrected chi connectivity index (χ2v) is 7.09. The zero-order valence-electron chi connectivity index (χ0n) is 14.7. The molecule has 4 heteroatoms. The Morgan fingerprint density at radius 2 is 2.00 bits per heavy atom. The summed E-state index contributed by atoms with van der Waals surface area (Å²) in [7, 11) is 0. The summed E-state index contributed by atoms with van der Waals surface area (Å²) in [6.45, 7) is 6.36. The Hall–Kier alpha value is -2.46. The molecule has 1 aliphatic rings. The summed E-state index contributed by atoms with van der Waals surface area (Å²) in [5.41, 5.74) is 1.44. The molecule has 0 aliphatic carbocycles. The number of fused-ring (bicyclic) bond motifs is 3. The van der Waals surface area contributed by atoms with Gasteiger partial charge in [0.15, 0.2) is 0 Å². The van der Waals surface area contributed by atoms with E-state index in [0.717, 1.165) is 41.2 Å². The summed E-state index contributed by atoms with van der Waals surface area (Å²) in [6.07, 6.45) is 2.76. The van der Waals surface area contributed by atoms with Gasteiger partial charge in [-0.05, 0) is 43.2 Å². The molecule has 0 saturated carbocycles. The van der Waals surface area contributed by atoms with Gasteiger partial charge in [0.05, 0.1) is 11.1 Å². The highest BCUT2D eigenvalue weighted by atomic mass is 16.1. The largest absolute Gasteiger partial charge is 0.348 e. The predicted molar refractivity (Wildman–Crippen MR) is 102 cm³/mol. The minimum atomic E-state index is -0.0231. The molecule has 1 N–H and O–H groups in total. The van der Waals surface area contributed by atoms with Crippen LogP contribution in [0, 0.1) is 0 Å². The predicted octanol–water partition coefficient (Wildman–Crippen LogP) is 3.60. The zero-order chi connectivity index (χ0) is 17.4. The summed E-state index contributed by atoms with van der Waals surface area (Å²) >= 11 is 0. The molecule has 1 saturated heterocycles. The average molecular weight is 333 g/mol. The van der Waals surface area contributed by atoms with Gasteiger partial charge in [-0.25, -0.2) is 0 Å². The van der Waals surface area contributed by atoms with Crippen LogP contribution in [0.2, 0.25) is 0 Å². The number of hydrogen-bond donors (Lipinski definition) is 1. The van der Waals surface area contributed by atoms with Crippen molar-refractivity contribution in [1.29, 1.82) is 0 Å². The van der Waals surface area contributed by atoms with Gasteiger partial charge < -0.3 is 5.32 Å². The van der Waals surface area contributed by atoms with Gasteiger partial charge in [-0.1, -0.05) is 30.3 Å². The van der Waals surface area contributed by atoms with Gasteiger partial charge >= 0.3 is 0 Å². The van der Waals surface area contributed by atoms with Gasteiger partial charge in [0.2, 0.25) is 0 Å². The second-order valence-electron chi connectivity index (χ2n) is 7.09. The number of carbonyl (C=O) groups excluding carboxylic acids is 1. The summed E-state index contributed by atoms with van der Waals surface area (Å²) in [5, 5.41) is 6.45. The first-order valence-corrected chi connectivity index (χ1v) is 8.95. The molecule has 1 aliphatic heterocycles. The fourth-order valence-electron chi connectivity index (χ4n) is 3.74. The van der Waals surface area contributed by atoms with E-state index >= 15 is 0 Å². The second kappa shape index (κ2) is 6.45. The van der Waals surface area contributed by atoms with Crippen LogP contribution in [0.1, 0.15) is 30.6 Å². The minimum absolute atomic E-state index is 0.0231. The Morgan fingerprint density at radius 1 is 1.20 bits per heavy atom. The van der Waals surface area contributed by atoms with Crippen LogP contribution < -0.4 is 5.32 Å². The van der Waals surface area contributed by atoms with Crippen molar-refractivity contribution in [2.45, 2.75) is 32.4 Å². The molecule has 3 aromatic rings. The number of nitrogens with zero attached hydrogens (tertiary/aromatic N) is 2. The van der Waals surface area contributed by atoms with E-state index in [9.17, 15) is 4.79 Å². The molecule has 128 valence electrons. The Kier molecular flexibility index (Phi) is 4.14. The molecule has 1 aromatic heterocycles. The fraction of sp³-hybridized carbons (Fsp3) is 0.333. The van der Waals surface area contributed by atoms with Crippen LogP contribution in [-0.2, 0) is 0 Å². The van der Waals surface area contributed by atoms with Crippen LogP contribution in [-0.4, -0.2) is 41.0 Å². The van der Waals surface area contributed by atoms with Crippen LogP contribution in [0.15, 0.2) is 48.7 Å². The molecular formula is C21H23N3O. The lowest BCUT2D eigenvalue weighted by Gasteiger charge is -2.20. The third-order valence-electron chi connectivity index (χ3n) is 5.14. The Labute approximate surface area is 147 Å². The Bertz CT molecular complexity index is 935. The van der Waals surface area contributed by atoms with E-state index in [4.69, 9.17) is 0 Å². The molecule has 25 heavy (non-hydrogen) atoms.